The third-order valence-corrected chi connectivity index (χ3v) is 3.46. The molecular formula is C14H13BrN2O2. The van der Waals surface area contributed by atoms with Gasteiger partial charge in [-0.25, -0.2) is 0 Å². The fourth-order valence-corrected chi connectivity index (χ4v) is 2.27. The Morgan fingerprint density at radius 1 is 1.26 bits per heavy atom. The number of rotatable bonds is 4. The van der Waals surface area contributed by atoms with Crippen LogP contribution in [-0.4, -0.2) is 4.92 Å². The van der Waals surface area contributed by atoms with Gasteiger partial charge in [0.25, 0.3) is 5.69 Å². The van der Waals surface area contributed by atoms with Gasteiger partial charge in [0.2, 0.25) is 0 Å². The molecule has 4 nitrogen and oxygen atoms in total. The van der Waals surface area contributed by atoms with Crippen LogP contribution in [0.25, 0.3) is 0 Å². The van der Waals surface area contributed by atoms with Crippen molar-refractivity contribution in [3.05, 3.63) is 68.2 Å². The van der Waals surface area contributed by atoms with Gasteiger partial charge in [-0.05, 0) is 34.5 Å². The maximum Gasteiger partial charge on any atom is 0.273 e. The molecule has 0 unspecified atom stereocenters. The van der Waals surface area contributed by atoms with E-state index in [0.29, 0.717) is 16.6 Å². The van der Waals surface area contributed by atoms with Gasteiger partial charge in [-0.3, -0.25) is 10.1 Å². The number of nitro benzene ring substituents is 1. The van der Waals surface area contributed by atoms with Crippen molar-refractivity contribution in [2.45, 2.75) is 13.5 Å². The Morgan fingerprint density at radius 2 is 1.95 bits per heavy atom. The average Bonchev–Trinajstić information content (AvgIpc) is 2.40. The van der Waals surface area contributed by atoms with E-state index < -0.39 is 0 Å². The fourth-order valence-electron chi connectivity index (χ4n) is 1.80. The quantitative estimate of drug-likeness (QED) is 0.675. The van der Waals surface area contributed by atoms with Crippen molar-refractivity contribution in [1.82, 2.24) is 0 Å². The molecular weight excluding hydrogens is 308 g/mol. The summed E-state index contributed by atoms with van der Waals surface area (Å²) in [4.78, 5) is 10.5. The topological polar surface area (TPSA) is 55.2 Å². The Morgan fingerprint density at radius 3 is 2.58 bits per heavy atom. The van der Waals surface area contributed by atoms with E-state index in [1.807, 2.05) is 30.3 Å². The lowest BCUT2D eigenvalue weighted by Crippen LogP contribution is -2.01. The number of nitrogens with zero attached hydrogens (tertiary/aromatic N) is 1. The van der Waals surface area contributed by atoms with Gasteiger partial charge in [0.1, 0.15) is 0 Å². The molecule has 0 aliphatic rings. The molecule has 0 heterocycles. The highest BCUT2D eigenvalue weighted by Crippen LogP contribution is 2.30. The number of hydrogen-bond donors (Lipinski definition) is 1. The molecule has 1 N–H and O–H groups in total. The van der Waals surface area contributed by atoms with E-state index >= 15 is 0 Å². The summed E-state index contributed by atoms with van der Waals surface area (Å²) < 4.78 is 0.695. The van der Waals surface area contributed by atoms with E-state index in [2.05, 4.69) is 21.2 Å². The molecule has 0 amide bonds. The van der Waals surface area contributed by atoms with E-state index in [4.69, 9.17) is 0 Å². The van der Waals surface area contributed by atoms with Crippen LogP contribution in [0, 0.1) is 17.0 Å². The second-order valence-electron chi connectivity index (χ2n) is 4.21. The molecule has 0 aliphatic carbocycles. The minimum absolute atomic E-state index is 0.122. The predicted octanol–water partition coefficient (Wildman–Crippen LogP) is 4.28. The first-order valence-electron chi connectivity index (χ1n) is 5.80. The maximum atomic E-state index is 10.8. The van der Waals surface area contributed by atoms with Crippen LogP contribution in [0.1, 0.15) is 11.1 Å². The van der Waals surface area contributed by atoms with Crippen LogP contribution in [0.4, 0.5) is 11.4 Å². The van der Waals surface area contributed by atoms with E-state index in [0.717, 1.165) is 11.3 Å². The zero-order chi connectivity index (χ0) is 13.8. The zero-order valence-electron chi connectivity index (χ0n) is 10.4. The SMILES string of the molecule is Cc1cc(NCc2ccccc2)c(Br)cc1[N+](=O)[O-]. The van der Waals surface area contributed by atoms with Crippen molar-refractivity contribution in [3.63, 3.8) is 0 Å². The lowest BCUT2D eigenvalue weighted by atomic mass is 10.1. The van der Waals surface area contributed by atoms with Gasteiger partial charge in [0.05, 0.1) is 4.92 Å². The first-order valence-corrected chi connectivity index (χ1v) is 6.59. The highest BCUT2D eigenvalue weighted by molar-refractivity contribution is 9.10. The minimum Gasteiger partial charge on any atom is -0.380 e. The number of aryl methyl sites for hydroxylation is 1. The van der Waals surface area contributed by atoms with Crippen LogP contribution >= 0.6 is 15.9 Å². The Kier molecular flexibility index (Phi) is 4.16. The van der Waals surface area contributed by atoms with Gasteiger partial charge in [0.15, 0.2) is 0 Å². The number of benzene rings is 2. The Hall–Kier alpha value is -1.88. The highest BCUT2D eigenvalue weighted by atomic mass is 79.9. The van der Waals surface area contributed by atoms with Crippen molar-refractivity contribution >= 4 is 27.3 Å². The maximum absolute atomic E-state index is 10.8. The van der Waals surface area contributed by atoms with E-state index in [9.17, 15) is 10.1 Å². The molecule has 0 aromatic heterocycles. The largest absolute Gasteiger partial charge is 0.380 e. The second kappa shape index (κ2) is 5.84. The predicted molar refractivity (Wildman–Crippen MR) is 79.3 cm³/mol. The summed E-state index contributed by atoms with van der Waals surface area (Å²) in [5.41, 5.74) is 2.78. The average molecular weight is 321 g/mol. The summed E-state index contributed by atoms with van der Waals surface area (Å²) in [5.74, 6) is 0. The van der Waals surface area contributed by atoms with Gasteiger partial charge < -0.3 is 5.32 Å². The third kappa shape index (κ3) is 3.32. The molecule has 0 atom stereocenters. The van der Waals surface area contributed by atoms with Crippen LogP contribution in [-0.2, 0) is 6.54 Å². The van der Waals surface area contributed by atoms with Crippen LogP contribution in [0.15, 0.2) is 46.9 Å². The lowest BCUT2D eigenvalue weighted by molar-refractivity contribution is -0.385. The smallest absolute Gasteiger partial charge is 0.273 e. The third-order valence-electron chi connectivity index (χ3n) is 2.81. The van der Waals surface area contributed by atoms with Gasteiger partial charge in [0, 0.05) is 28.3 Å². The Bertz CT molecular complexity index is 600. The second-order valence-corrected chi connectivity index (χ2v) is 5.07. The standard InChI is InChI=1S/C14H13BrN2O2/c1-10-7-13(12(15)8-14(10)17(18)19)16-9-11-5-3-2-4-6-11/h2-8,16H,9H2,1H3. The minimum atomic E-state index is -0.374. The van der Waals surface area contributed by atoms with Crippen molar-refractivity contribution in [2.75, 3.05) is 5.32 Å². The molecule has 0 aliphatic heterocycles. The van der Waals surface area contributed by atoms with Gasteiger partial charge in [-0.15, -0.1) is 0 Å². The van der Waals surface area contributed by atoms with Crippen LogP contribution in [0.3, 0.4) is 0 Å². The van der Waals surface area contributed by atoms with Gasteiger partial charge in [-0.2, -0.15) is 0 Å². The van der Waals surface area contributed by atoms with Crippen LogP contribution < -0.4 is 5.32 Å². The van der Waals surface area contributed by atoms with Crippen molar-refractivity contribution in [2.24, 2.45) is 0 Å². The molecule has 2 rings (SSSR count). The molecule has 2 aromatic rings. The molecule has 19 heavy (non-hydrogen) atoms. The zero-order valence-corrected chi connectivity index (χ0v) is 12.0. The lowest BCUT2D eigenvalue weighted by Gasteiger charge is -2.10. The first kappa shape index (κ1) is 13.5. The molecule has 0 saturated carbocycles. The molecule has 0 spiro atoms. The molecule has 98 valence electrons. The summed E-state index contributed by atoms with van der Waals surface area (Å²) in [6.07, 6.45) is 0. The summed E-state index contributed by atoms with van der Waals surface area (Å²) in [6.45, 7) is 2.41. The summed E-state index contributed by atoms with van der Waals surface area (Å²) in [6, 6.07) is 13.3. The van der Waals surface area contributed by atoms with E-state index in [1.165, 1.54) is 6.07 Å². The highest BCUT2D eigenvalue weighted by Gasteiger charge is 2.13. The Labute approximate surface area is 119 Å². The number of nitrogens with one attached hydrogen (secondary N) is 1. The number of anilines is 1. The summed E-state index contributed by atoms with van der Waals surface area (Å²) >= 11 is 3.36. The molecule has 5 heteroatoms. The molecule has 0 fully saturated rings. The Balaban J connectivity index is 2.17. The number of hydrogen-bond acceptors (Lipinski definition) is 3. The van der Waals surface area contributed by atoms with Gasteiger partial charge >= 0.3 is 0 Å². The fraction of sp³-hybridized carbons (Fsp3) is 0.143. The molecule has 0 radical (unpaired) electrons. The van der Waals surface area contributed by atoms with E-state index in [1.54, 1.807) is 13.0 Å². The van der Waals surface area contributed by atoms with Crippen molar-refractivity contribution in [3.8, 4) is 0 Å². The summed E-state index contributed by atoms with van der Waals surface area (Å²) in [7, 11) is 0. The monoisotopic (exact) mass is 320 g/mol. The van der Waals surface area contributed by atoms with Gasteiger partial charge in [-0.1, -0.05) is 30.3 Å². The molecule has 0 saturated heterocycles. The summed E-state index contributed by atoms with van der Waals surface area (Å²) in [5, 5.41) is 14.1. The van der Waals surface area contributed by atoms with E-state index in [-0.39, 0.29) is 10.6 Å². The van der Waals surface area contributed by atoms with Crippen molar-refractivity contribution in [1.29, 1.82) is 0 Å². The van der Waals surface area contributed by atoms with Crippen LogP contribution in [0.2, 0.25) is 0 Å². The molecule has 0 bridgehead atoms. The van der Waals surface area contributed by atoms with Crippen molar-refractivity contribution < 1.29 is 4.92 Å². The number of nitro groups is 1. The van der Waals surface area contributed by atoms with Crippen LogP contribution in [0.5, 0.6) is 0 Å². The molecule has 2 aromatic carbocycles. The number of halogens is 1. The first-order chi connectivity index (χ1) is 9.08. The normalized spacial score (nSPS) is 10.2.